The molecule has 0 amide bonds. The van der Waals surface area contributed by atoms with Crippen molar-refractivity contribution in [1.29, 1.82) is 0 Å². The Morgan fingerprint density at radius 3 is 1.50 bits per heavy atom. The standard InChI is InChI=1S/C18H21F5O7/c1-2-29-11(24)3-5-26-7-9-28-10-8-27-6-4-12(25)30-18-16(22)14(20)13(19)15(21)17(18)23/h2-10H2,1H3. The number of benzene rings is 1. The molecule has 0 atom stereocenters. The van der Waals surface area contributed by atoms with Crippen molar-refractivity contribution in [1.82, 2.24) is 0 Å². The van der Waals surface area contributed by atoms with Crippen LogP contribution in [0, 0.1) is 29.1 Å². The number of halogens is 5. The van der Waals surface area contributed by atoms with Gasteiger partial charge in [-0.15, -0.1) is 0 Å². The average Bonchev–Trinajstić information content (AvgIpc) is 2.72. The summed E-state index contributed by atoms with van der Waals surface area (Å²) in [5, 5.41) is 0. The maximum absolute atomic E-state index is 13.4. The summed E-state index contributed by atoms with van der Waals surface area (Å²) in [6, 6.07) is 0. The van der Waals surface area contributed by atoms with Gasteiger partial charge in [-0.3, -0.25) is 9.59 Å². The van der Waals surface area contributed by atoms with Gasteiger partial charge in [0, 0.05) is 0 Å². The molecule has 0 fully saturated rings. The molecule has 1 rings (SSSR count). The van der Waals surface area contributed by atoms with Gasteiger partial charge in [0.25, 0.3) is 0 Å². The van der Waals surface area contributed by atoms with Crippen LogP contribution >= 0.6 is 0 Å². The second kappa shape index (κ2) is 13.8. The van der Waals surface area contributed by atoms with Crippen molar-refractivity contribution < 1.29 is 55.2 Å². The molecule has 0 bridgehead atoms. The summed E-state index contributed by atoms with van der Waals surface area (Å²) in [6.07, 6.45) is -0.353. The third kappa shape index (κ3) is 8.59. The first-order chi connectivity index (χ1) is 14.3. The van der Waals surface area contributed by atoms with E-state index in [2.05, 4.69) is 4.74 Å². The van der Waals surface area contributed by atoms with Crippen molar-refractivity contribution in [3.05, 3.63) is 29.1 Å². The van der Waals surface area contributed by atoms with E-state index in [0.717, 1.165) is 0 Å². The van der Waals surface area contributed by atoms with Gasteiger partial charge in [-0.05, 0) is 6.92 Å². The SMILES string of the molecule is CCOC(=O)CCOCCOCCOCCC(=O)Oc1c(F)c(F)c(F)c(F)c1F. The lowest BCUT2D eigenvalue weighted by Gasteiger charge is -2.09. The molecule has 1 aromatic rings. The van der Waals surface area contributed by atoms with Crippen LogP contribution in [-0.4, -0.2) is 58.2 Å². The Kier molecular flexibility index (Phi) is 11.9. The van der Waals surface area contributed by atoms with Crippen LogP contribution in [0.4, 0.5) is 22.0 Å². The first-order valence-electron chi connectivity index (χ1n) is 8.90. The molecule has 0 N–H and O–H groups in total. The second-order valence-electron chi connectivity index (χ2n) is 5.52. The van der Waals surface area contributed by atoms with Crippen molar-refractivity contribution in [3.8, 4) is 5.75 Å². The largest absolute Gasteiger partial charge is 0.466 e. The van der Waals surface area contributed by atoms with Gasteiger partial charge in [-0.1, -0.05) is 0 Å². The Morgan fingerprint density at radius 2 is 1.03 bits per heavy atom. The molecule has 0 aliphatic rings. The number of esters is 2. The lowest BCUT2D eigenvalue weighted by molar-refractivity contribution is -0.144. The summed E-state index contributed by atoms with van der Waals surface area (Å²) in [5.41, 5.74) is 0. The van der Waals surface area contributed by atoms with E-state index in [1.807, 2.05) is 0 Å². The zero-order valence-electron chi connectivity index (χ0n) is 16.1. The molecule has 7 nitrogen and oxygen atoms in total. The normalized spacial score (nSPS) is 10.9. The first-order valence-corrected chi connectivity index (χ1v) is 8.90. The fraction of sp³-hybridized carbons (Fsp3) is 0.556. The van der Waals surface area contributed by atoms with Crippen LogP contribution in [0.15, 0.2) is 0 Å². The minimum absolute atomic E-state index is 0.0681. The molecule has 30 heavy (non-hydrogen) atoms. The molecule has 12 heteroatoms. The van der Waals surface area contributed by atoms with E-state index in [4.69, 9.17) is 18.9 Å². The third-order valence-electron chi connectivity index (χ3n) is 3.34. The molecule has 0 spiro atoms. The zero-order valence-corrected chi connectivity index (χ0v) is 16.1. The average molecular weight is 444 g/mol. The molecule has 0 aromatic heterocycles. The maximum atomic E-state index is 13.4. The number of hydrogen-bond donors (Lipinski definition) is 0. The number of hydrogen-bond acceptors (Lipinski definition) is 7. The zero-order chi connectivity index (χ0) is 22.5. The molecule has 170 valence electrons. The smallest absolute Gasteiger partial charge is 0.313 e. The van der Waals surface area contributed by atoms with Crippen LogP contribution in [-0.2, 0) is 28.5 Å². The van der Waals surface area contributed by atoms with E-state index < -0.39 is 47.2 Å². The molecular formula is C18H21F5O7. The highest BCUT2D eigenvalue weighted by Gasteiger charge is 2.28. The highest BCUT2D eigenvalue weighted by molar-refractivity contribution is 5.72. The highest BCUT2D eigenvalue weighted by Crippen LogP contribution is 2.29. The summed E-state index contributed by atoms with van der Waals surface area (Å²) in [5.74, 6) is -14.5. The fourth-order valence-corrected chi connectivity index (χ4v) is 1.93. The van der Waals surface area contributed by atoms with Crippen molar-refractivity contribution in [2.75, 3.05) is 46.2 Å². The van der Waals surface area contributed by atoms with Crippen LogP contribution in [0.25, 0.3) is 0 Å². The van der Waals surface area contributed by atoms with Crippen LogP contribution in [0.5, 0.6) is 5.75 Å². The summed E-state index contributed by atoms with van der Waals surface area (Å²) in [6.45, 7) is 2.66. The van der Waals surface area contributed by atoms with E-state index in [-0.39, 0.29) is 52.0 Å². The summed E-state index contributed by atoms with van der Waals surface area (Å²) in [4.78, 5) is 22.5. The molecule has 0 radical (unpaired) electrons. The van der Waals surface area contributed by atoms with Gasteiger partial charge in [0.15, 0.2) is 0 Å². The number of ether oxygens (including phenoxy) is 5. The lowest BCUT2D eigenvalue weighted by Crippen LogP contribution is -2.16. The van der Waals surface area contributed by atoms with E-state index in [0.29, 0.717) is 6.61 Å². The number of carbonyl (C=O) groups is 2. The van der Waals surface area contributed by atoms with Crippen molar-refractivity contribution >= 4 is 11.9 Å². The topological polar surface area (TPSA) is 80.3 Å². The molecule has 0 saturated carbocycles. The molecular weight excluding hydrogens is 423 g/mol. The van der Waals surface area contributed by atoms with Crippen LogP contribution in [0.1, 0.15) is 19.8 Å². The van der Waals surface area contributed by atoms with Crippen molar-refractivity contribution in [3.63, 3.8) is 0 Å². The molecule has 0 unspecified atom stereocenters. The van der Waals surface area contributed by atoms with Crippen molar-refractivity contribution in [2.45, 2.75) is 19.8 Å². The van der Waals surface area contributed by atoms with E-state index in [1.165, 1.54) is 0 Å². The Hall–Kier alpha value is -2.31. The predicted octanol–water partition coefficient (Wildman–Crippen LogP) is 2.68. The van der Waals surface area contributed by atoms with Gasteiger partial charge in [0.1, 0.15) is 0 Å². The summed E-state index contributed by atoms with van der Waals surface area (Å²) < 4.78 is 90.0. The quantitative estimate of drug-likeness (QED) is 0.109. The molecule has 0 aliphatic carbocycles. The van der Waals surface area contributed by atoms with Gasteiger partial charge >= 0.3 is 11.9 Å². The number of rotatable bonds is 14. The second-order valence-corrected chi connectivity index (χ2v) is 5.52. The van der Waals surface area contributed by atoms with E-state index in [9.17, 15) is 31.5 Å². The maximum Gasteiger partial charge on any atom is 0.313 e. The molecule has 0 aliphatic heterocycles. The fourth-order valence-electron chi connectivity index (χ4n) is 1.93. The monoisotopic (exact) mass is 444 g/mol. The minimum atomic E-state index is -2.35. The number of carbonyl (C=O) groups excluding carboxylic acids is 2. The van der Waals surface area contributed by atoms with Gasteiger partial charge in [-0.25, -0.2) is 13.2 Å². The Bertz CT molecular complexity index is 686. The summed E-state index contributed by atoms with van der Waals surface area (Å²) >= 11 is 0. The van der Waals surface area contributed by atoms with Gasteiger partial charge in [-0.2, -0.15) is 8.78 Å². The summed E-state index contributed by atoms with van der Waals surface area (Å²) in [7, 11) is 0. The lowest BCUT2D eigenvalue weighted by atomic mass is 10.2. The molecule has 0 saturated heterocycles. The van der Waals surface area contributed by atoms with Crippen LogP contribution in [0.3, 0.4) is 0 Å². The molecule has 1 aromatic carbocycles. The highest BCUT2D eigenvalue weighted by atomic mass is 19.2. The van der Waals surface area contributed by atoms with Crippen LogP contribution in [0.2, 0.25) is 0 Å². The first kappa shape index (κ1) is 25.7. The Labute approximate surface area is 169 Å². The Morgan fingerprint density at radius 1 is 0.633 bits per heavy atom. The van der Waals surface area contributed by atoms with Crippen molar-refractivity contribution in [2.24, 2.45) is 0 Å². The Balaban J connectivity index is 2.13. The van der Waals surface area contributed by atoms with E-state index in [1.54, 1.807) is 6.92 Å². The minimum Gasteiger partial charge on any atom is -0.466 e. The van der Waals surface area contributed by atoms with Crippen LogP contribution < -0.4 is 4.74 Å². The predicted molar refractivity (Wildman–Crippen MR) is 90.2 cm³/mol. The molecule has 0 heterocycles. The third-order valence-corrected chi connectivity index (χ3v) is 3.34. The van der Waals surface area contributed by atoms with E-state index >= 15 is 0 Å². The van der Waals surface area contributed by atoms with Gasteiger partial charge < -0.3 is 23.7 Å². The van der Waals surface area contributed by atoms with Gasteiger partial charge in [0.2, 0.25) is 34.8 Å². The van der Waals surface area contributed by atoms with Gasteiger partial charge in [0.05, 0.1) is 59.1 Å².